The third-order valence-corrected chi connectivity index (χ3v) is 7.68. The molecule has 1 amide bonds. The van der Waals surface area contributed by atoms with Gasteiger partial charge in [0, 0.05) is 37.0 Å². The Morgan fingerprint density at radius 3 is 2.28 bits per heavy atom. The van der Waals surface area contributed by atoms with Crippen molar-refractivity contribution in [3.05, 3.63) is 79.2 Å². The Kier molecular flexibility index (Phi) is 7.23. The van der Waals surface area contributed by atoms with Crippen LogP contribution in [-0.2, 0) is 19.3 Å². The topological polar surface area (TPSA) is 65.6 Å². The quantitative estimate of drug-likeness (QED) is 0.411. The van der Waals surface area contributed by atoms with Crippen LogP contribution in [0.15, 0.2) is 51.0 Å². The number of amides is 1. The van der Waals surface area contributed by atoms with Gasteiger partial charge < -0.3 is 19.5 Å². The minimum atomic E-state index is -4.83. The fourth-order valence-electron chi connectivity index (χ4n) is 3.89. The van der Waals surface area contributed by atoms with Crippen LogP contribution in [0.2, 0.25) is 10.0 Å². The number of fused-ring (bicyclic) bond motifs is 1. The Morgan fingerprint density at radius 2 is 1.72 bits per heavy atom. The molecule has 190 valence electrons. The van der Waals surface area contributed by atoms with Gasteiger partial charge in [-0.2, -0.15) is 13.2 Å². The number of halogens is 5. The summed E-state index contributed by atoms with van der Waals surface area (Å²) in [6.07, 6.45) is -4.83. The number of ether oxygens (including phenoxy) is 1. The smallest absolute Gasteiger partial charge is 0.431 e. The monoisotopic (exact) mass is 557 g/mol. The van der Waals surface area contributed by atoms with Crippen LogP contribution >= 0.6 is 35.0 Å². The second kappa shape index (κ2) is 9.91. The number of nitrogens with one attached hydrogen (secondary N) is 1. The molecule has 1 aliphatic heterocycles. The summed E-state index contributed by atoms with van der Waals surface area (Å²) in [6.45, 7) is 0.339. The van der Waals surface area contributed by atoms with E-state index in [-0.39, 0.29) is 32.9 Å². The van der Waals surface area contributed by atoms with Gasteiger partial charge in [-0.3, -0.25) is 9.59 Å². The molecule has 2 heterocycles. The van der Waals surface area contributed by atoms with Crippen molar-refractivity contribution in [2.75, 3.05) is 26.1 Å². The number of methoxy groups -OCH3 is 1. The summed E-state index contributed by atoms with van der Waals surface area (Å²) in [5.74, 6) is -0.0951. The Labute approximate surface area is 218 Å². The molecule has 1 aromatic heterocycles. The average Bonchev–Trinajstić information content (AvgIpc) is 3.22. The minimum absolute atomic E-state index is 0.162. The van der Waals surface area contributed by atoms with Gasteiger partial charge in [-0.15, -0.1) is 0 Å². The molecule has 0 aliphatic carbocycles. The summed E-state index contributed by atoms with van der Waals surface area (Å²) in [5.41, 5.74) is -0.376. The van der Waals surface area contributed by atoms with Crippen molar-refractivity contribution in [2.45, 2.75) is 29.1 Å². The van der Waals surface area contributed by atoms with Gasteiger partial charge in [0.1, 0.15) is 17.0 Å². The number of nitrogens with zero attached hydrogens (tertiary/aromatic N) is 2. The normalized spacial score (nSPS) is 13.1. The maximum absolute atomic E-state index is 13.6. The molecule has 0 spiro atoms. The van der Waals surface area contributed by atoms with Gasteiger partial charge >= 0.3 is 6.18 Å². The summed E-state index contributed by atoms with van der Waals surface area (Å²) in [6, 6.07) is 9.04. The van der Waals surface area contributed by atoms with Gasteiger partial charge in [0.25, 0.3) is 11.5 Å². The molecule has 36 heavy (non-hydrogen) atoms. The molecule has 0 saturated carbocycles. The summed E-state index contributed by atoms with van der Waals surface area (Å²) >= 11 is 13.2. The van der Waals surface area contributed by atoms with Gasteiger partial charge in [-0.05, 0) is 41.5 Å². The Bertz CT molecular complexity index is 1390. The van der Waals surface area contributed by atoms with Gasteiger partial charge in [0.15, 0.2) is 0 Å². The van der Waals surface area contributed by atoms with E-state index in [0.29, 0.717) is 5.75 Å². The number of carbonyl (C=O) groups excluding carboxylic acids is 1. The van der Waals surface area contributed by atoms with Crippen LogP contribution in [0.3, 0.4) is 0 Å². The molecular formula is C24H20Cl2F3N3O3S. The van der Waals surface area contributed by atoms with E-state index in [9.17, 15) is 22.8 Å². The first kappa shape index (κ1) is 26.2. The maximum atomic E-state index is 13.6. The number of benzene rings is 2. The largest absolute Gasteiger partial charge is 0.495 e. The van der Waals surface area contributed by atoms with E-state index < -0.39 is 28.9 Å². The molecule has 0 atom stereocenters. The van der Waals surface area contributed by atoms with Crippen LogP contribution in [0.5, 0.6) is 5.75 Å². The van der Waals surface area contributed by atoms with E-state index in [1.165, 1.54) is 24.1 Å². The van der Waals surface area contributed by atoms with Gasteiger partial charge in [-0.25, -0.2) is 0 Å². The number of pyridine rings is 1. The fourth-order valence-corrected chi connectivity index (χ4v) is 5.53. The number of aromatic amines is 1. The molecule has 4 rings (SSSR count). The number of anilines is 1. The molecule has 1 aliphatic rings. The lowest BCUT2D eigenvalue weighted by Crippen LogP contribution is -2.32. The highest BCUT2D eigenvalue weighted by molar-refractivity contribution is 7.99. The van der Waals surface area contributed by atoms with Crippen LogP contribution in [-0.4, -0.2) is 37.0 Å². The molecule has 0 bridgehead atoms. The van der Waals surface area contributed by atoms with Crippen molar-refractivity contribution >= 4 is 46.6 Å². The third-order valence-electron chi connectivity index (χ3n) is 5.64. The second-order valence-corrected chi connectivity index (χ2v) is 10.1. The number of alkyl halides is 3. The number of hydrogen-bond donors (Lipinski definition) is 1. The van der Waals surface area contributed by atoms with Crippen molar-refractivity contribution in [3.8, 4) is 5.75 Å². The molecule has 1 N–H and O–H groups in total. The Hall–Kier alpha value is -2.82. The zero-order valence-corrected chi connectivity index (χ0v) is 21.6. The van der Waals surface area contributed by atoms with Crippen molar-refractivity contribution in [2.24, 2.45) is 0 Å². The van der Waals surface area contributed by atoms with E-state index in [1.54, 1.807) is 11.1 Å². The molecule has 6 nitrogen and oxygen atoms in total. The van der Waals surface area contributed by atoms with Crippen LogP contribution in [0.1, 0.15) is 27.2 Å². The van der Waals surface area contributed by atoms with E-state index in [4.69, 9.17) is 27.9 Å². The highest BCUT2D eigenvalue weighted by atomic mass is 35.5. The van der Waals surface area contributed by atoms with Crippen LogP contribution in [0, 0.1) is 0 Å². The van der Waals surface area contributed by atoms with Gasteiger partial charge in [-0.1, -0.05) is 41.0 Å². The number of rotatable bonds is 5. The van der Waals surface area contributed by atoms with Crippen molar-refractivity contribution in [1.29, 1.82) is 0 Å². The van der Waals surface area contributed by atoms with E-state index in [0.717, 1.165) is 34.6 Å². The second-order valence-electron chi connectivity index (χ2n) is 8.25. The molecule has 12 heteroatoms. The van der Waals surface area contributed by atoms with Gasteiger partial charge in [0.05, 0.1) is 22.8 Å². The first-order chi connectivity index (χ1) is 16.9. The fraction of sp³-hybridized carbons (Fsp3) is 0.250. The summed E-state index contributed by atoms with van der Waals surface area (Å²) < 4.78 is 45.9. The maximum Gasteiger partial charge on any atom is 0.431 e. The first-order valence-corrected chi connectivity index (χ1v) is 12.1. The molecule has 0 fully saturated rings. The lowest BCUT2D eigenvalue weighted by atomic mass is 10.1. The highest BCUT2D eigenvalue weighted by Crippen LogP contribution is 2.42. The van der Waals surface area contributed by atoms with E-state index in [2.05, 4.69) is 0 Å². The SMILES string of the molecule is COc1cc2c(cc1N(C)C)CN(C(=O)c1c(Sc3c(Cl)cccc3Cl)cc(C(F)(F)F)[nH]c1=O)C2. The summed E-state index contributed by atoms with van der Waals surface area (Å²) in [4.78, 5) is 31.5. The van der Waals surface area contributed by atoms with Crippen LogP contribution < -0.4 is 15.2 Å². The molecule has 2 aromatic carbocycles. The molecular weight excluding hydrogens is 538 g/mol. The van der Waals surface area contributed by atoms with Crippen molar-refractivity contribution < 1.29 is 22.7 Å². The van der Waals surface area contributed by atoms with E-state index >= 15 is 0 Å². The average molecular weight is 558 g/mol. The predicted octanol–water partition coefficient (Wildman–Crippen LogP) is 6.08. The highest BCUT2D eigenvalue weighted by Gasteiger charge is 2.36. The number of aromatic nitrogens is 1. The summed E-state index contributed by atoms with van der Waals surface area (Å²) in [5, 5.41) is 0.355. The minimum Gasteiger partial charge on any atom is -0.495 e. The molecule has 0 saturated heterocycles. The number of hydrogen-bond acceptors (Lipinski definition) is 5. The lowest BCUT2D eigenvalue weighted by Gasteiger charge is -2.19. The summed E-state index contributed by atoms with van der Waals surface area (Å²) in [7, 11) is 5.25. The molecule has 0 radical (unpaired) electrons. The first-order valence-electron chi connectivity index (χ1n) is 10.5. The lowest BCUT2D eigenvalue weighted by molar-refractivity contribution is -0.141. The standard InChI is InChI=1S/C24H20Cl2F3N3O3S/c1-31(2)16-7-12-10-32(11-13(12)8-17(16)35-3)23(34)20-18(9-19(24(27,28)29)30-22(20)33)36-21-14(25)5-4-6-15(21)26/h4-9H,10-11H2,1-3H3,(H,30,33). The Balaban J connectivity index is 1.77. The zero-order chi connectivity index (χ0) is 26.4. The number of carbonyl (C=O) groups is 1. The van der Waals surface area contributed by atoms with Crippen LogP contribution in [0.4, 0.5) is 18.9 Å². The van der Waals surface area contributed by atoms with E-state index in [1.807, 2.05) is 31.1 Å². The van der Waals surface area contributed by atoms with Crippen molar-refractivity contribution in [3.63, 3.8) is 0 Å². The third kappa shape index (κ3) is 5.02. The Morgan fingerprint density at radius 1 is 1.11 bits per heavy atom. The van der Waals surface area contributed by atoms with Crippen LogP contribution in [0.25, 0.3) is 0 Å². The zero-order valence-electron chi connectivity index (χ0n) is 19.3. The molecule has 0 unspecified atom stereocenters. The van der Waals surface area contributed by atoms with Crippen molar-refractivity contribution in [1.82, 2.24) is 9.88 Å². The predicted molar refractivity (Wildman–Crippen MR) is 134 cm³/mol. The number of H-pyrrole nitrogens is 1. The van der Waals surface area contributed by atoms with Gasteiger partial charge in [0.2, 0.25) is 0 Å². The molecule has 3 aromatic rings.